The van der Waals surface area contributed by atoms with Crippen LogP contribution < -0.4 is 5.32 Å². The molecule has 6 nitrogen and oxygen atoms in total. The normalized spacial score (nSPS) is 13.7. The van der Waals surface area contributed by atoms with Crippen molar-refractivity contribution in [2.24, 2.45) is 0 Å². The van der Waals surface area contributed by atoms with Gasteiger partial charge in [0.2, 0.25) is 5.91 Å². The summed E-state index contributed by atoms with van der Waals surface area (Å²) in [7, 11) is 0. The summed E-state index contributed by atoms with van der Waals surface area (Å²) < 4.78 is 0. The summed E-state index contributed by atoms with van der Waals surface area (Å²) in [4.78, 5) is 12.6. The second kappa shape index (κ2) is 63.4. The lowest BCUT2D eigenvalue weighted by Gasteiger charge is -2.27. The van der Waals surface area contributed by atoms with Crippen LogP contribution in [0.1, 0.15) is 367 Å². The molecule has 4 unspecified atom stereocenters. The molecule has 0 aromatic carbocycles. The van der Waals surface area contributed by atoms with Crippen molar-refractivity contribution >= 4 is 5.91 Å². The van der Waals surface area contributed by atoms with E-state index >= 15 is 0 Å². The van der Waals surface area contributed by atoms with E-state index in [0.29, 0.717) is 19.3 Å². The zero-order valence-corrected chi connectivity index (χ0v) is 50.6. The van der Waals surface area contributed by atoms with E-state index in [-0.39, 0.29) is 0 Å². The summed E-state index contributed by atoms with van der Waals surface area (Å²) in [5.41, 5.74) is 0. The first-order valence-corrected chi connectivity index (χ1v) is 33.9. The van der Waals surface area contributed by atoms with Gasteiger partial charge in [0.25, 0.3) is 0 Å². The lowest BCUT2D eigenvalue weighted by atomic mass is 10.00. The second-order valence-corrected chi connectivity index (χ2v) is 23.5. The average Bonchev–Trinajstić information content (AvgIpc) is 3.42. The molecule has 444 valence electrons. The van der Waals surface area contributed by atoms with Gasteiger partial charge in [0.15, 0.2) is 0 Å². The van der Waals surface area contributed by atoms with Crippen molar-refractivity contribution in [1.29, 1.82) is 0 Å². The number of carbonyl (C=O) groups is 1. The Morgan fingerprint density at radius 3 is 0.840 bits per heavy atom. The van der Waals surface area contributed by atoms with Gasteiger partial charge >= 0.3 is 0 Å². The van der Waals surface area contributed by atoms with E-state index in [2.05, 4.69) is 55.6 Å². The molecular formula is C69H133NO5. The topological polar surface area (TPSA) is 110 Å². The van der Waals surface area contributed by atoms with E-state index in [1.807, 2.05) is 0 Å². The molecule has 0 heterocycles. The Labute approximate surface area is 468 Å². The molecule has 0 rings (SSSR count). The van der Waals surface area contributed by atoms with E-state index in [1.165, 1.54) is 283 Å². The van der Waals surface area contributed by atoms with Gasteiger partial charge in [-0.1, -0.05) is 339 Å². The maximum absolute atomic E-state index is 12.6. The van der Waals surface area contributed by atoms with Crippen molar-refractivity contribution in [2.75, 3.05) is 6.61 Å². The number of aliphatic hydroxyl groups is 4. The lowest BCUT2D eigenvalue weighted by molar-refractivity contribution is -0.132. The van der Waals surface area contributed by atoms with Crippen LogP contribution >= 0.6 is 0 Å². The van der Waals surface area contributed by atoms with Crippen molar-refractivity contribution in [1.82, 2.24) is 5.32 Å². The third-order valence-corrected chi connectivity index (χ3v) is 16.1. The largest absolute Gasteiger partial charge is 0.394 e. The molecule has 0 aliphatic carbocycles. The van der Waals surface area contributed by atoms with E-state index in [1.54, 1.807) is 0 Å². The van der Waals surface area contributed by atoms with Gasteiger partial charge in [-0.05, 0) is 64.2 Å². The van der Waals surface area contributed by atoms with Crippen molar-refractivity contribution in [3.05, 3.63) is 36.5 Å². The van der Waals surface area contributed by atoms with Crippen molar-refractivity contribution < 1.29 is 25.2 Å². The number of aliphatic hydroxyl groups excluding tert-OH is 4. The highest BCUT2D eigenvalue weighted by Gasteiger charge is 2.28. The molecule has 0 aliphatic heterocycles. The van der Waals surface area contributed by atoms with E-state index in [0.717, 1.165) is 51.4 Å². The zero-order chi connectivity index (χ0) is 54.4. The number of hydrogen-bond acceptors (Lipinski definition) is 5. The van der Waals surface area contributed by atoms with Crippen molar-refractivity contribution in [2.45, 2.75) is 391 Å². The van der Waals surface area contributed by atoms with Crippen LogP contribution in [0.2, 0.25) is 0 Å². The van der Waals surface area contributed by atoms with Crippen LogP contribution in [0.3, 0.4) is 0 Å². The number of allylic oxidation sites excluding steroid dienone is 6. The fourth-order valence-electron chi connectivity index (χ4n) is 10.8. The molecule has 0 aromatic heterocycles. The first-order valence-electron chi connectivity index (χ1n) is 33.9. The van der Waals surface area contributed by atoms with Gasteiger partial charge in [-0.2, -0.15) is 0 Å². The molecule has 0 radical (unpaired) electrons. The second-order valence-electron chi connectivity index (χ2n) is 23.5. The highest BCUT2D eigenvalue weighted by atomic mass is 16.3. The van der Waals surface area contributed by atoms with E-state index in [4.69, 9.17) is 0 Å². The SMILES string of the molecule is CCCCCCCCCCCCCCCCCC/C=C/CC/C=C/CC/C=C/CCCC(O)C(O)C(CO)NC(=O)C(O)CCCCCCCCCCCCCCCCCCCCCCCCCCCCCCCC. The van der Waals surface area contributed by atoms with Gasteiger partial charge in [0.05, 0.1) is 18.8 Å². The molecule has 1 amide bonds. The Bertz CT molecular complexity index is 1190. The molecule has 0 spiro atoms. The summed E-state index contributed by atoms with van der Waals surface area (Å²) in [6.07, 6.45) is 81.2. The fraction of sp³-hybridized carbons (Fsp3) is 0.899. The molecule has 5 N–H and O–H groups in total. The van der Waals surface area contributed by atoms with E-state index in [9.17, 15) is 25.2 Å². The molecule has 0 bridgehead atoms. The standard InChI is InChI=1S/C69H133NO5/c1-3-5-7-9-11-13-15-17-19-21-23-25-27-29-31-33-35-37-39-41-43-45-47-49-51-53-55-57-59-61-63-67(73)69(75)70-65(64-71)68(74)66(72)62-60-58-56-54-52-50-48-46-44-42-40-38-36-34-32-30-28-26-24-22-20-18-16-14-12-10-8-6-4-2/h38,40,46,48,54,56,65-68,71-74H,3-37,39,41-45,47,49-53,55,57-64H2,1-2H3,(H,70,75)/b40-38+,48-46+,56-54+. The molecule has 0 fully saturated rings. The molecule has 0 aliphatic rings. The highest BCUT2D eigenvalue weighted by molar-refractivity contribution is 5.80. The van der Waals surface area contributed by atoms with Gasteiger partial charge in [-0.25, -0.2) is 0 Å². The van der Waals surface area contributed by atoms with Gasteiger partial charge < -0.3 is 25.7 Å². The molecule has 75 heavy (non-hydrogen) atoms. The van der Waals surface area contributed by atoms with Crippen LogP contribution in [-0.4, -0.2) is 57.3 Å². The fourth-order valence-corrected chi connectivity index (χ4v) is 10.8. The van der Waals surface area contributed by atoms with E-state index < -0.39 is 36.9 Å². The molecule has 4 atom stereocenters. The smallest absolute Gasteiger partial charge is 0.249 e. The maximum Gasteiger partial charge on any atom is 0.249 e. The maximum atomic E-state index is 12.6. The van der Waals surface area contributed by atoms with Gasteiger partial charge in [0.1, 0.15) is 12.2 Å². The monoisotopic (exact) mass is 1060 g/mol. The molecule has 0 aromatic rings. The Morgan fingerprint density at radius 1 is 0.320 bits per heavy atom. The number of carbonyl (C=O) groups excluding carboxylic acids is 1. The summed E-state index contributed by atoms with van der Waals surface area (Å²) in [5, 5.41) is 44.1. The first kappa shape index (κ1) is 73.5. The lowest BCUT2D eigenvalue weighted by Crippen LogP contribution is -2.53. The minimum Gasteiger partial charge on any atom is -0.394 e. The predicted octanol–water partition coefficient (Wildman–Crippen LogP) is 20.7. The number of hydrogen-bond donors (Lipinski definition) is 5. The number of unbranched alkanes of at least 4 members (excludes halogenated alkanes) is 48. The summed E-state index contributed by atoms with van der Waals surface area (Å²) in [6, 6.07) is -1.01. The van der Waals surface area contributed by atoms with Crippen LogP contribution in [0.25, 0.3) is 0 Å². The summed E-state index contributed by atoms with van der Waals surface area (Å²) >= 11 is 0. The van der Waals surface area contributed by atoms with Gasteiger partial charge in [0, 0.05) is 0 Å². The molecular weight excluding hydrogens is 923 g/mol. The zero-order valence-electron chi connectivity index (χ0n) is 50.6. The minimum atomic E-state index is -1.29. The average molecular weight is 1060 g/mol. The highest BCUT2D eigenvalue weighted by Crippen LogP contribution is 2.19. The first-order chi connectivity index (χ1) is 37.0. The van der Waals surface area contributed by atoms with Gasteiger partial charge in [-0.3, -0.25) is 4.79 Å². The van der Waals surface area contributed by atoms with Crippen LogP contribution in [0.15, 0.2) is 36.5 Å². The summed E-state index contributed by atoms with van der Waals surface area (Å²) in [6.45, 7) is 4.09. The third kappa shape index (κ3) is 57.0. The van der Waals surface area contributed by atoms with Crippen molar-refractivity contribution in [3.8, 4) is 0 Å². The molecule has 6 heteroatoms. The van der Waals surface area contributed by atoms with Gasteiger partial charge in [-0.15, -0.1) is 0 Å². The van der Waals surface area contributed by atoms with Crippen LogP contribution in [-0.2, 0) is 4.79 Å². The minimum absolute atomic E-state index is 0.362. The number of nitrogens with one attached hydrogen (secondary N) is 1. The Morgan fingerprint density at radius 2 is 0.560 bits per heavy atom. The van der Waals surface area contributed by atoms with Crippen LogP contribution in [0.4, 0.5) is 0 Å². The number of amides is 1. The number of rotatable bonds is 63. The molecule has 0 saturated heterocycles. The summed E-state index contributed by atoms with van der Waals surface area (Å²) in [5.74, 6) is -0.593. The predicted molar refractivity (Wildman–Crippen MR) is 330 cm³/mol. The Kier molecular flexibility index (Phi) is 62.1. The Balaban J connectivity index is 3.61. The third-order valence-electron chi connectivity index (χ3n) is 16.1. The Hall–Kier alpha value is -1.47. The molecule has 0 saturated carbocycles. The quantitative estimate of drug-likeness (QED) is 0.0308. The van der Waals surface area contributed by atoms with Crippen molar-refractivity contribution in [3.63, 3.8) is 0 Å². The van der Waals surface area contributed by atoms with Crippen LogP contribution in [0.5, 0.6) is 0 Å². The van der Waals surface area contributed by atoms with Crippen LogP contribution in [0, 0.1) is 0 Å².